The zero-order valence-corrected chi connectivity index (χ0v) is 12.0. The zero-order chi connectivity index (χ0) is 14.4. The highest BCUT2D eigenvalue weighted by Gasteiger charge is 2.25. The third-order valence-electron chi connectivity index (χ3n) is 3.74. The Morgan fingerprint density at radius 3 is 2.42 bits per heavy atom. The molecule has 0 aliphatic heterocycles. The van der Waals surface area contributed by atoms with Crippen LogP contribution in [0.5, 0.6) is 0 Å². The van der Waals surface area contributed by atoms with E-state index in [0.717, 1.165) is 25.7 Å². The number of hydrogen-bond donors (Lipinski definition) is 2. The lowest BCUT2D eigenvalue weighted by Crippen LogP contribution is -2.34. The van der Waals surface area contributed by atoms with Gasteiger partial charge in [0.25, 0.3) is 0 Å². The van der Waals surface area contributed by atoms with Crippen molar-refractivity contribution in [1.82, 2.24) is 5.43 Å². The lowest BCUT2D eigenvalue weighted by molar-refractivity contribution is 0.315. The van der Waals surface area contributed by atoms with E-state index in [2.05, 4.69) is 12.3 Å². The Hall–Kier alpha value is -1.00. The smallest absolute Gasteiger partial charge is 0.163 e. The number of hydrazine groups is 1. The molecule has 1 aromatic carbocycles. The number of nitrogens with two attached hydrogens (primary N) is 1. The Morgan fingerprint density at radius 2 is 1.89 bits per heavy atom. The van der Waals surface area contributed by atoms with Gasteiger partial charge in [0, 0.05) is 5.56 Å². The van der Waals surface area contributed by atoms with Crippen LogP contribution in [0.1, 0.15) is 56.7 Å². The van der Waals surface area contributed by atoms with Crippen molar-refractivity contribution >= 4 is 0 Å². The second-order valence-electron chi connectivity index (χ2n) is 5.05. The van der Waals surface area contributed by atoms with Gasteiger partial charge < -0.3 is 0 Å². The molecule has 0 amide bonds. The molecular formula is C15H24F2N2. The summed E-state index contributed by atoms with van der Waals surface area (Å²) in [6.45, 7) is 5.72. The van der Waals surface area contributed by atoms with Crippen molar-refractivity contribution in [3.05, 3.63) is 34.9 Å². The van der Waals surface area contributed by atoms with Gasteiger partial charge in [-0.3, -0.25) is 11.3 Å². The lowest BCUT2D eigenvalue weighted by atomic mass is 9.86. The molecule has 108 valence electrons. The fourth-order valence-corrected chi connectivity index (χ4v) is 2.45. The van der Waals surface area contributed by atoms with Crippen LogP contribution >= 0.6 is 0 Å². The Labute approximate surface area is 114 Å². The van der Waals surface area contributed by atoms with Gasteiger partial charge in [-0.1, -0.05) is 45.2 Å². The van der Waals surface area contributed by atoms with Gasteiger partial charge in [-0.25, -0.2) is 8.78 Å². The highest BCUT2D eigenvalue weighted by atomic mass is 19.2. The average molecular weight is 270 g/mol. The van der Waals surface area contributed by atoms with Crippen LogP contribution < -0.4 is 11.3 Å². The van der Waals surface area contributed by atoms with Gasteiger partial charge >= 0.3 is 0 Å². The molecule has 2 unspecified atom stereocenters. The van der Waals surface area contributed by atoms with E-state index < -0.39 is 11.6 Å². The van der Waals surface area contributed by atoms with Crippen molar-refractivity contribution < 1.29 is 8.78 Å². The molecule has 0 fully saturated rings. The third-order valence-corrected chi connectivity index (χ3v) is 3.74. The van der Waals surface area contributed by atoms with Crippen LogP contribution in [0.2, 0.25) is 0 Å². The molecular weight excluding hydrogens is 246 g/mol. The number of benzene rings is 1. The third kappa shape index (κ3) is 3.74. The molecule has 2 nitrogen and oxygen atoms in total. The average Bonchev–Trinajstić information content (AvgIpc) is 2.42. The molecule has 0 aromatic heterocycles. The van der Waals surface area contributed by atoms with Gasteiger partial charge in [-0.05, 0) is 24.8 Å². The highest BCUT2D eigenvalue weighted by Crippen LogP contribution is 2.31. The summed E-state index contributed by atoms with van der Waals surface area (Å²) in [6, 6.07) is 2.89. The fraction of sp³-hybridized carbons (Fsp3) is 0.600. The molecule has 0 heterocycles. The summed E-state index contributed by atoms with van der Waals surface area (Å²) in [5.41, 5.74) is 3.30. The maximum Gasteiger partial charge on any atom is 0.163 e. The molecule has 0 radical (unpaired) electrons. The van der Waals surface area contributed by atoms with E-state index in [1.54, 1.807) is 19.1 Å². The van der Waals surface area contributed by atoms with Crippen molar-refractivity contribution in [1.29, 1.82) is 0 Å². The number of nitrogens with one attached hydrogen (secondary N) is 1. The summed E-state index contributed by atoms with van der Waals surface area (Å²) in [6.07, 6.45) is 3.98. The van der Waals surface area contributed by atoms with E-state index in [1.807, 2.05) is 6.92 Å². The van der Waals surface area contributed by atoms with Gasteiger partial charge in [0.1, 0.15) is 0 Å². The Bertz CT molecular complexity index is 407. The van der Waals surface area contributed by atoms with E-state index in [4.69, 9.17) is 5.84 Å². The van der Waals surface area contributed by atoms with Crippen LogP contribution in [0.15, 0.2) is 12.1 Å². The van der Waals surface area contributed by atoms with Crippen molar-refractivity contribution in [2.24, 2.45) is 11.8 Å². The first kappa shape index (κ1) is 16.1. The summed E-state index contributed by atoms with van der Waals surface area (Å²) in [7, 11) is 0. The Kier molecular flexibility index (Phi) is 6.38. The molecule has 0 bridgehead atoms. The summed E-state index contributed by atoms with van der Waals surface area (Å²) in [4.78, 5) is 0. The zero-order valence-electron chi connectivity index (χ0n) is 12.0. The molecule has 3 N–H and O–H groups in total. The number of rotatable bonds is 7. The van der Waals surface area contributed by atoms with E-state index >= 15 is 0 Å². The number of aryl methyl sites for hydroxylation is 1. The van der Waals surface area contributed by atoms with Crippen LogP contribution in [0.25, 0.3) is 0 Å². The van der Waals surface area contributed by atoms with E-state index in [1.165, 1.54) is 0 Å². The normalized spacial score (nSPS) is 14.4. The van der Waals surface area contributed by atoms with E-state index in [-0.39, 0.29) is 12.0 Å². The molecule has 0 aliphatic carbocycles. The summed E-state index contributed by atoms with van der Waals surface area (Å²) < 4.78 is 27.7. The second kappa shape index (κ2) is 7.56. The number of hydrogen-bond acceptors (Lipinski definition) is 2. The molecule has 0 spiro atoms. The van der Waals surface area contributed by atoms with Gasteiger partial charge in [0.05, 0.1) is 6.04 Å². The van der Waals surface area contributed by atoms with Gasteiger partial charge in [0.2, 0.25) is 0 Å². The molecule has 2 atom stereocenters. The minimum Gasteiger partial charge on any atom is -0.271 e. The summed E-state index contributed by atoms with van der Waals surface area (Å²) in [5.74, 6) is 4.23. The quantitative estimate of drug-likeness (QED) is 0.580. The molecule has 0 aliphatic rings. The first-order valence-electron chi connectivity index (χ1n) is 6.97. The van der Waals surface area contributed by atoms with Crippen LogP contribution in [0.4, 0.5) is 8.78 Å². The maximum atomic E-state index is 14.0. The predicted molar refractivity (Wildman–Crippen MR) is 74.5 cm³/mol. The van der Waals surface area contributed by atoms with Crippen molar-refractivity contribution in [2.45, 2.75) is 52.5 Å². The summed E-state index contributed by atoms with van der Waals surface area (Å²) >= 11 is 0. The highest BCUT2D eigenvalue weighted by molar-refractivity contribution is 5.28. The number of unbranched alkanes of at least 4 members (excludes halogenated alkanes) is 1. The first-order chi connectivity index (χ1) is 9.06. The minimum atomic E-state index is -0.780. The van der Waals surface area contributed by atoms with Crippen LogP contribution in [-0.4, -0.2) is 0 Å². The molecule has 1 rings (SSSR count). The minimum absolute atomic E-state index is 0.210. The topological polar surface area (TPSA) is 38.0 Å². The molecule has 0 saturated heterocycles. The van der Waals surface area contributed by atoms with Crippen LogP contribution in [0.3, 0.4) is 0 Å². The lowest BCUT2D eigenvalue weighted by Gasteiger charge is -2.26. The van der Waals surface area contributed by atoms with Crippen LogP contribution in [0, 0.1) is 24.5 Å². The van der Waals surface area contributed by atoms with E-state index in [9.17, 15) is 8.78 Å². The van der Waals surface area contributed by atoms with Gasteiger partial charge in [0.15, 0.2) is 11.6 Å². The SMILES string of the molecule is CCCCC(CC)C(NN)c1ccc(C)c(F)c1F. The van der Waals surface area contributed by atoms with Crippen molar-refractivity contribution in [3.8, 4) is 0 Å². The molecule has 4 heteroatoms. The van der Waals surface area contributed by atoms with E-state index in [0.29, 0.717) is 11.1 Å². The molecule has 0 saturated carbocycles. The Balaban J connectivity index is 3.04. The number of halogens is 2. The molecule has 1 aromatic rings. The standard InChI is InChI=1S/C15H24F2N2/c1-4-6-7-11(5-2)15(19-18)12-9-8-10(3)13(16)14(12)17/h8-9,11,15,19H,4-7,18H2,1-3H3. The van der Waals surface area contributed by atoms with Crippen molar-refractivity contribution in [3.63, 3.8) is 0 Å². The first-order valence-corrected chi connectivity index (χ1v) is 6.97. The van der Waals surface area contributed by atoms with Crippen LogP contribution in [-0.2, 0) is 0 Å². The van der Waals surface area contributed by atoms with Gasteiger partial charge in [-0.2, -0.15) is 0 Å². The Morgan fingerprint density at radius 1 is 1.21 bits per heavy atom. The predicted octanol–water partition coefficient (Wildman–Crippen LogP) is 3.99. The van der Waals surface area contributed by atoms with Crippen molar-refractivity contribution in [2.75, 3.05) is 0 Å². The second-order valence-corrected chi connectivity index (χ2v) is 5.05. The summed E-state index contributed by atoms with van der Waals surface area (Å²) in [5, 5.41) is 0. The fourth-order valence-electron chi connectivity index (χ4n) is 2.45. The van der Waals surface area contributed by atoms with Gasteiger partial charge in [-0.15, -0.1) is 0 Å². The maximum absolute atomic E-state index is 14.0. The molecule has 19 heavy (non-hydrogen) atoms. The largest absolute Gasteiger partial charge is 0.271 e. The monoisotopic (exact) mass is 270 g/mol.